The molecule has 2 rings (SSSR count). The molecule has 27 heavy (non-hydrogen) atoms. The van der Waals surface area contributed by atoms with Crippen LogP contribution in [0.15, 0.2) is 35.3 Å². The molecule has 0 amide bonds. The van der Waals surface area contributed by atoms with Gasteiger partial charge < -0.3 is 10.6 Å². The molecule has 9 heteroatoms. The molecular weight excluding hydrogens is 477 g/mol. The van der Waals surface area contributed by atoms with Crippen molar-refractivity contribution in [2.45, 2.75) is 32.4 Å². The van der Waals surface area contributed by atoms with Crippen LogP contribution in [0.5, 0.6) is 0 Å². The predicted molar refractivity (Wildman–Crippen MR) is 122 cm³/mol. The van der Waals surface area contributed by atoms with Gasteiger partial charge in [-0.15, -0.1) is 24.0 Å². The Labute approximate surface area is 180 Å². The first-order valence-electron chi connectivity index (χ1n) is 9.24. The molecule has 0 spiro atoms. The quantitative estimate of drug-likeness (QED) is 0.203. The van der Waals surface area contributed by atoms with Gasteiger partial charge in [-0.25, -0.2) is 13.1 Å². The minimum Gasteiger partial charge on any atom is -0.355 e. The summed E-state index contributed by atoms with van der Waals surface area (Å²) in [6, 6.07) is 11.0. The second-order valence-corrected chi connectivity index (χ2v) is 8.53. The third-order valence-electron chi connectivity index (χ3n) is 4.58. The van der Waals surface area contributed by atoms with Crippen LogP contribution in [-0.2, 0) is 16.6 Å². The van der Waals surface area contributed by atoms with E-state index in [2.05, 4.69) is 49.5 Å². The number of guanidine groups is 1. The van der Waals surface area contributed by atoms with E-state index < -0.39 is 10.0 Å². The lowest BCUT2D eigenvalue weighted by Crippen LogP contribution is -2.46. The van der Waals surface area contributed by atoms with Crippen molar-refractivity contribution in [3.05, 3.63) is 35.9 Å². The van der Waals surface area contributed by atoms with Crippen molar-refractivity contribution in [2.24, 2.45) is 4.99 Å². The van der Waals surface area contributed by atoms with Crippen molar-refractivity contribution in [3.8, 4) is 0 Å². The van der Waals surface area contributed by atoms with Crippen molar-refractivity contribution in [3.63, 3.8) is 0 Å². The smallest absolute Gasteiger partial charge is 0.211 e. The highest BCUT2D eigenvalue weighted by molar-refractivity contribution is 14.0. The molecule has 1 fully saturated rings. The largest absolute Gasteiger partial charge is 0.355 e. The van der Waals surface area contributed by atoms with E-state index >= 15 is 0 Å². The molecule has 154 valence electrons. The molecular formula is C18H32IN5O2S. The fraction of sp³-hybridized carbons (Fsp3) is 0.611. The fourth-order valence-corrected chi connectivity index (χ4v) is 3.69. The lowest BCUT2D eigenvalue weighted by Gasteiger charge is -2.25. The van der Waals surface area contributed by atoms with Crippen LogP contribution < -0.4 is 15.4 Å². The summed E-state index contributed by atoms with van der Waals surface area (Å²) in [5.74, 6) is 0.797. The SMILES string of the molecule is CCS(=O)(=O)NCCNC(=NC)NCC1CCCN1Cc1ccccc1.I. The Morgan fingerprint density at radius 2 is 1.96 bits per heavy atom. The van der Waals surface area contributed by atoms with Crippen LogP contribution >= 0.6 is 24.0 Å². The highest BCUT2D eigenvalue weighted by Crippen LogP contribution is 2.19. The zero-order valence-electron chi connectivity index (χ0n) is 16.1. The van der Waals surface area contributed by atoms with Gasteiger partial charge in [0.15, 0.2) is 5.96 Å². The van der Waals surface area contributed by atoms with Gasteiger partial charge in [0.25, 0.3) is 0 Å². The van der Waals surface area contributed by atoms with Crippen LogP contribution in [0.25, 0.3) is 0 Å². The fourth-order valence-electron chi connectivity index (χ4n) is 3.08. The number of sulfonamides is 1. The van der Waals surface area contributed by atoms with E-state index in [1.807, 2.05) is 6.07 Å². The molecule has 0 aromatic heterocycles. The van der Waals surface area contributed by atoms with E-state index in [4.69, 9.17) is 0 Å². The van der Waals surface area contributed by atoms with E-state index in [1.54, 1.807) is 14.0 Å². The first-order valence-corrected chi connectivity index (χ1v) is 10.9. The molecule has 1 atom stereocenters. The molecule has 0 bridgehead atoms. The first-order chi connectivity index (χ1) is 12.5. The first kappa shape index (κ1) is 24.1. The molecule has 1 saturated heterocycles. The van der Waals surface area contributed by atoms with Gasteiger partial charge in [-0.1, -0.05) is 30.3 Å². The topological polar surface area (TPSA) is 85.8 Å². The van der Waals surface area contributed by atoms with Gasteiger partial charge in [0.2, 0.25) is 10.0 Å². The Balaban J connectivity index is 0.00000364. The number of nitrogens with zero attached hydrogens (tertiary/aromatic N) is 2. The molecule has 1 heterocycles. The van der Waals surface area contributed by atoms with Gasteiger partial charge in [-0.3, -0.25) is 9.89 Å². The van der Waals surface area contributed by atoms with Gasteiger partial charge in [-0.05, 0) is 31.9 Å². The molecule has 1 aromatic rings. The van der Waals surface area contributed by atoms with Crippen LogP contribution in [0.3, 0.4) is 0 Å². The second kappa shape index (κ2) is 12.5. The van der Waals surface area contributed by atoms with E-state index in [0.717, 1.165) is 19.6 Å². The number of rotatable bonds is 9. The summed E-state index contributed by atoms with van der Waals surface area (Å²) in [7, 11) is -1.42. The van der Waals surface area contributed by atoms with Crippen molar-refractivity contribution in [1.29, 1.82) is 0 Å². The van der Waals surface area contributed by atoms with Crippen LogP contribution in [0.1, 0.15) is 25.3 Å². The summed E-state index contributed by atoms with van der Waals surface area (Å²) in [6.07, 6.45) is 2.39. The summed E-state index contributed by atoms with van der Waals surface area (Å²) < 4.78 is 25.4. The Hall–Kier alpha value is -0.910. The minimum atomic E-state index is -3.14. The Morgan fingerprint density at radius 1 is 1.22 bits per heavy atom. The van der Waals surface area contributed by atoms with Crippen LogP contribution in [0.4, 0.5) is 0 Å². The average molecular weight is 509 g/mol. The number of hydrogen-bond acceptors (Lipinski definition) is 4. The van der Waals surface area contributed by atoms with Crippen LogP contribution in [-0.4, -0.2) is 64.3 Å². The summed E-state index contributed by atoms with van der Waals surface area (Å²) >= 11 is 0. The number of aliphatic imine (C=N–C) groups is 1. The number of halogens is 1. The molecule has 1 aliphatic heterocycles. The Morgan fingerprint density at radius 3 is 2.63 bits per heavy atom. The predicted octanol–water partition coefficient (Wildman–Crippen LogP) is 1.37. The molecule has 7 nitrogen and oxygen atoms in total. The maximum Gasteiger partial charge on any atom is 0.211 e. The van der Waals surface area contributed by atoms with E-state index in [1.165, 1.54) is 18.4 Å². The summed E-state index contributed by atoms with van der Waals surface area (Å²) in [5, 5.41) is 6.51. The van der Waals surface area contributed by atoms with Crippen LogP contribution in [0, 0.1) is 0 Å². The zero-order valence-corrected chi connectivity index (χ0v) is 19.3. The number of hydrogen-bond donors (Lipinski definition) is 3. The number of benzene rings is 1. The van der Waals surface area contributed by atoms with Gasteiger partial charge in [0.05, 0.1) is 5.75 Å². The number of nitrogens with one attached hydrogen (secondary N) is 3. The van der Waals surface area contributed by atoms with Crippen molar-refractivity contribution < 1.29 is 8.42 Å². The van der Waals surface area contributed by atoms with Crippen molar-refractivity contribution in [1.82, 2.24) is 20.3 Å². The Bertz CT molecular complexity index is 670. The third-order valence-corrected chi connectivity index (χ3v) is 5.98. The lowest BCUT2D eigenvalue weighted by atomic mass is 10.2. The molecule has 0 aliphatic carbocycles. The summed E-state index contributed by atoms with van der Waals surface area (Å²) in [5.41, 5.74) is 1.34. The minimum absolute atomic E-state index is 0. The van der Waals surface area contributed by atoms with Gasteiger partial charge in [-0.2, -0.15) is 0 Å². The summed E-state index contributed by atoms with van der Waals surface area (Å²) in [6.45, 7) is 5.38. The van der Waals surface area contributed by atoms with Crippen LogP contribution in [0.2, 0.25) is 0 Å². The normalized spacial score (nSPS) is 18.1. The monoisotopic (exact) mass is 509 g/mol. The maximum atomic E-state index is 11.4. The highest BCUT2D eigenvalue weighted by atomic mass is 127. The Kier molecular flexibility index (Phi) is 11.2. The standard InChI is InChI=1S/C18H31N5O2S.HI/c1-3-26(24,25)22-12-11-20-18(19-2)21-14-17-10-7-13-23(17)15-16-8-5-4-6-9-16;/h4-6,8-9,17,22H,3,7,10-15H2,1-2H3,(H2,19,20,21);1H. The van der Waals surface area contributed by atoms with Crippen molar-refractivity contribution >= 4 is 40.0 Å². The molecule has 3 N–H and O–H groups in total. The van der Waals surface area contributed by atoms with Gasteiger partial charge in [0, 0.05) is 39.3 Å². The molecule has 1 aliphatic rings. The second-order valence-electron chi connectivity index (χ2n) is 6.43. The van der Waals surface area contributed by atoms with E-state index in [9.17, 15) is 8.42 Å². The highest BCUT2D eigenvalue weighted by Gasteiger charge is 2.24. The van der Waals surface area contributed by atoms with Gasteiger partial charge >= 0.3 is 0 Å². The molecule has 1 unspecified atom stereocenters. The van der Waals surface area contributed by atoms with Crippen molar-refractivity contribution in [2.75, 3.05) is 39.0 Å². The average Bonchev–Trinajstić information content (AvgIpc) is 3.09. The van der Waals surface area contributed by atoms with Gasteiger partial charge in [0.1, 0.15) is 0 Å². The van der Waals surface area contributed by atoms with E-state index in [-0.39, 0.29) is 29.7 Å². The zero-order chi connectivity index (χ0) is 18.8. The summed E-state index contributed by atoms with van der Waals surface area (Å²) in [4.78, 5) is 6.72. The number of likely N-dealkylation sites (tertiary alicyclic amines) is 1. The molecule has 1 aromatic carbocycles. The maximum absolute atomic E-state index is 11.4. The van der Waals surface area contributed by atoms with E-state index in [0.29, 0.717) is 25.1 Å². The molecule has 0 saturated carbocycles. The third kappa shape index (κ3) is 8.75. The lowest BCUT2D eigenvalue weighted by molar-refractivity contribution is 0.245. The molecule has 0 radical (unpaired) electrons.